The summed E-state index contributed by atoms with van der Waals surface area (Å²) in [7, 11) is 1.94. The van der Waals surface area contributed by atoms with Gasteiger partial charge in [0.1, 0.15) is 0 Å². The van der Waals surface area contributed by atoms with Gasteiger partial charge in [0.25, 0.3) is 0 Å². The SMILES string of the molecule is Cn1cc2c(c1)C(=O)C(C)(C)C=C2. The van der Waals surface area contributed by atoms with Crippen LogP contribution in [-0.2, 0) is 7.05 Å². The lowest BCUT2D eigenvalue weighted by atomic mass is 9.80. The second-order valence-electron chi connectivity index (χ2n) is 4.18. The molecule has 0 radical (unpaired) electrons. The normalized spacial score (nSPS) is 18.8. The molecular weight excluding hydrogens is 162 g/mol. The standard InChI is InChI=1S/C11H13NO/c1-11(2)5-4-8-6-12(3)7-9(8)10(11)13/h4-7H,1-3H3. The lowest BCUT2D eigenvalue weighted by Gasteiger charge is -2.21. The average Bonchev–Trinajstić information content (AvgIpc) is 2.40. The van der Waals surface area contributed by atoms with Crippen LogP contribution in [-0.4, -0.2) is 10.4 Å². The van der Waals surface area contributed by atoms with Gasteiger partial charge >= 0.3 is 0 Å². The first kappa shape index (κ1) is 8.30. The van der Waals surface area contributed by atoms with Crippen LogP contribution in [0.4, 0.5) is 0 Å². The third-order valence-electron chi connectivity index (χ3n) is 2.50. The molecule has 1 heterocycles. The first-order valence-corrected chi connectivity index (χ1v) is 4.41. The number of rotatable bonds is 0. The van der Waals surface area contributed by atoms with Crippen LogP contribution >= 0.6 is 0 Å². The van der Waals surface area contributed by atoms with Crippen LogP contribution < -0.4 is 0 Å². The Kier molecular flexibility index (Phi) is 1.50. The van der Waals surface area contributed by atoms with Crippen molar-refractivity contribution in [2.45, 2.75) is 13.8 Å². The summed E-state index contributed by atoms with van der Waals surface area (Å²) in [6.07, 6.45) is 7.86. The minimum atomic E-state index is -0.339. The topological polar surface area (TPSA) is 22.0 Å². The van der Waals surface area contributed by atoms with Crippen LogP contribution in [0, 0.1) is 5.41 Å². The number of aromatic nitrogens is 1. The molecule has 2 rings (SSSR count). The fourth-order valence-electron chi connectivity index (χ4n) is 1.65. The largest absolute Gasteiger partial charge is 0.356 e. The smallest absolute Gasteiger partial charge is 0.174 e. The number of ketones is 1. The number of allylic oxidation sites excluding steroid dienone is 1. The molecule has 1 aromatic heterocycles. The predicted molar refractivity (Wildman–Crippen MR) is 52.6 cm³/mol. The summed E-state index contributed by atoms with van der Waals surface area (Å²) in [4.78, 5) is 11.9. The third-order valence-corrected chi connectivity index (χ3v) is 2.50. The van der Waals surface area contributed by atoms with Crippen LogP contribution in [0.3, 0.4) is 0 Å². The molecule has 68 valence electrons. The van der Waals surface area contributed by atoms with Crippen LogP contribution in [0.2, 0.25) is 0 Å². The summed E-state index contributed by atoms with van der Waals surface area (Å²) in [5, 5.41) is 0. The Hall–Kier alpha value is -1.31. The second-order valence-corrected chi connectivity index (χ2v) is 4.18. The highest BCUT2D eigenvalue weighted by molar-refractivity contribution is 6.06. The lowest BCUT2D eigenvalue weighted by molar-refractivity contribution is 0.0883. The van der Waals surface area contributed by atoms with Crippen LogP contribution in [0.5, 0.6) is 0 Å². The highest BCUT2D eigenvalue weighted by Crippen LogP contribution is 2.31. The molecule has 1 aliphatic rings. The monoisotopic (exact) mass is 175 g/mol. The number of carbonyl (C=O) groups excluding carboxylic acids is 1. The Balaban J connectivity index is 2.60. The van der Waals surface area contributed by atoms with Crippen molar-refractivity contribution in [2.24, 2.45) is 12.5 Å². The number of Topliss-reactive ketones (excluding diaryl/α,β-unsaturated/α-hetero) is 1. The molecule has 0 spiro atoms. The summed E-state index contributed by atoms with van der Waals surface area (Å²) >= 11 is 0. The van der Waals surface area contributed by atoms with Crippen molar-refractivity contribution >= 4 is 11.9 Å². The Bertz CT molecular complexity index is 396. The van der Waals surface area contributed by atoms with Crippen molar-refractivity contribution in [3.05, 3.63) is 29.6 Å². The minimum Gasteiger partial charge on any atom is -0.356 e. The molecule has 0 atom stereocenters. The molecule has 1 aliphatic carbocycles. The van der Waals surface area contributed by atoms with Crippen molar-refractivity contribution in [2.75, 3.05) is 0 Å². The van der Waals surface area contributed by atoms with Gasteiger partial charge in [0.15, 0.2) is 5.78 Å². The first-order chi connectivity index (χ1) is 6.00. The molecule has 0 saturated carbocycles. The van der Waals surface area contributed by atoms with Gasteiger partial charge in [0.05, 0.1) is 0 Å². The number of hydrogen-bond acceptors (Lipinski definition) is 1. The number of aryl methyl sites for hydroxylation is 1. The van der Waals surface area contributed by atoms with Crippen molar-refractivity contribution in [3.8, 4) is 0 Å². The fourth-order valence-corrected chi connectivity index (χ4v) is 1.65. The van der Waals surface area contributed by atoms with Gasteiger partial charge in [0, 0.05) is 36.0 Å². The minimum absolute atomic E-state index is 0.214. The van der Waals surface area contributed by atoms with Crippen molar-refractivity contribution in [3.63, 3.8) is 0 Å². The van der Waals surface area contributed by atoms with E-state index in [0.717, 1.165) is 11.1 Å². The quantitative estimate of drug-likeness (QED) is 0.592. The molecule has 13 heavy (non-hydrogen) atoms. The number of carbonyl (C=O) groups is 1. The molecule has 0 N–H and O–H groups in total. The maximum Gasteiger partial charge on any atom is 0.174 e. The van der Waals surface area contributed by atoms with E-state index < -0.39 is 0 Å². The summed E-state index contributed by atoms with van der Waals surface area (Å²) < 4.78 is 1.92. The molecule has 0 aromatic carbocycles. The highest BCUT2D eigenvalue weighted by Gasteiger charge is 2.30. The molecule has 0 unspecified atom stereocenters. The molecule has 0 aliphatic heterocycles. The van der Waals surface area contributed by atoms with Crippen LogP contribution in [0.1, 0.15) is 29.8 Å². The maximum atomic E-state index is 11.9. The molecular formula is C11H13NO. The summed E-state index contributed by atoms with van der Waals surface area (Å²) in [5.41, 5.74) is 1.54. The Labute approximate surface area is 77.9 Å². The summed E-state index contributed by atoms with van der Waals surface area (Å²) in [6, 6.07) is 0. The van der Waals surface area contributed by atoms with Gasteiger partial charge in [-0.1, -0.05) is 12.2 Å². The van der Waals surface area contributed by atoms with E-state index in [1.807, 2.05) is 50.0 Å². The van der Waals surface area contributed by atoms with Gasteiger partial charge in [-0.3, -0.25) is 4.79 Å². The molecule has 0 amide bonds. The van der Waals surface area contributed by atoms with Gasteiger partial charge in [-0.15, -0.1) is 0 Å². The Morgan fingerprint density at radius 3 is 2.69 bits per heavy atom. The van der Waals surface area contributed by atoms with Crippen molar-refractivity contribution in [1.82, 2.24) is 4.57 Å². The zero-order chi connectivity index (χ0) is 9.64. The van der Waals surface area contributed by atoms with E-state index in [9.17, 15) is 4.79 Å². The van der Waals surface area contributed by atoms with E-state index in [1.165, 1.54) is 0 Å². The van der Waals surface area contributed by atoms with E-state index in [0.29, 0.717) is 0 Å². The van der Waals surface area contributed by atoms with E-state index in [4.69, 9.17) is 0 Å². The average molecular weight is 175 g/mol. The molecule has 0 fully saturated rings. The maximum absolute atomic E-state index is 11.9. The zero-order valence-electron chi connectivity index (χ0n) is 8.16. The molecule has 2 heteroatoms. The van der Waals surface area contributed by atoms with E-state index >= 15 is 0 Å². The molecule has 0 bridgehead atoms. The van der Waals surface area contributed by atoms with Crippen LogP contribution in [0.25, 0.3) is 6.08 Å². The summed E-state index contributed by atoms with van der Waals surface area (Å²) in [6.45, 7) is 3.89. The molecule has 2 nitrogen and oxygen atoms in total. The van der Waals surface area contributed by atoms with Crippen LogP contribution in [0.15, 0.2) is 18.5 Å². The van der Waals surface area contributed by atoms with Gasteiger partial charge in [-0.25, -0.2) is 0 Å². The third kappa shape index (κ3) is 1.13. The number of hydrogen-bond donors (Lipinski definition) is 0. The number of fused-ring (bicyclic) bond motifs is 1. The lowest BCUT2D eigenvalue weighted by Crippen LogP contribution is -2.24. The van der Waals surface area contributed by atoms with Crippen molar-refractivity contribution in [1.29, 1.82) is 0 Å². The summed E-state index contributed by atoms with van der Waals surface area (Å²) in [5.74, 6) is 0.214. The second kappa shape index (κ2) is 2.34. The fraction of sp³-hybridized carbons (Fsp3) is 0.364. The number of nitrogens with zero attached hydrogens (tertiary/aromatic N) is 1. The Morgan fingerprint density at radius 2 is 2.00 bits per heavy atom. The van der Waals surface area contributed by atoms with E-state index in [1.54, 1.807) is 0 Å². The Morgan fingerprint density at radius 1 is 1.31 bits per heavy atom. The van der Waals surface area contributed by atoms with Gasteiger partial charge in [0.2, 0.25) is 0 Å². The zero-order valence-corrected chi connectivity index (χ0v) is 8.16. The van der Waals surface area contributed by atoms with E-state index in [2.05, 4.69) is 0 Å². The van der Waals surface area contributed by atoms with Crippen molar-refractivity contribution < 1.29 is 4.79 Å². The molecule has 0 saturated heterocycles. The highest BCUT2D eigenvalue weighted by atomic mass is 16.1. The van der Waals surface area contributed by atoms with E-state index in [-0.39, 0.29) is 11.2 Å². The first-order valence-electron chi connectivity index (χ1n) is 4.41. The van der Waals surface area contributed by atoms with Gasteiger partial charge < -0.3 is 4.57 Å². The molecule has 1 aromatic rings. The van der Waals surface area contributed by atoms with Gasteiger partial charge in [-0.2, -0.15) is 0 Å². The van der Waals surface area contributed by atoms with Gasteiger partial charge in [-0.05, 0) is 13.8 Å². The predicted octanol–water partition coefficient (Wildman–Crippen LogP) is 2.26.